The zero-order chi connectivity index (χ0) is 35.0. The van der Waals surface area contributed by atoms with Crippen molar-refractivity contribution in [1.29, 1.82) is 0 Å². The van der Waals surface area contributed by atoms with Gasteiger partial charge in [0.05, 0.1) is 16.3 Å². The van der Waals surface area contributed by atoms with Crippen LogP contribution in [0.3, 0.4) is 0 Å². The van der Waals surface area contributed by atoms with Crippen LogP contribution in [0.15, 0.2) is 144 Å². The van der Waals surface area contributed by atoms with E-state index in [0.29, 0.717) is 27.3 Å². The van der Waals surface area contributed by atoms with Crippen molar-refractivity contribution in [3.63, 3.8) is 0 Å². The van der Waals surface area contributed by atoms with Gasteiger partial charge in [-0.05, 0) is 66.2 Å². The molecule has 50 heavy (non-hydrogen) atoms. The van der Waals surface area contributed by atoms with Crippen molar-refractivity contribution in [2.24, 2.45) is 0 Å². The molecule has 0 saturated carbocycles. The van der Waals surface area contributed by atoms with E-state index in [1.807, 2.05) is 54.6 Å². The number of aromatic carboxylic acids is 1. The summed E-state index contributed by atoms with van der Waals surface area (Å²) < 4.78 is 0. The van der Waals surface area contributed by atoms with Crippen LogP contribution in [0.2, 0.25) is 5.02 Å². The van der Waals surface area contributed by atoms with Crippen molar-refractivity contribution < 1.29 is 24.3 Å². The molecular formula is C39H29ClN4O5S. The molecule has 11 heteroatoms. The van der Waals surface area contributed by atoms with Crippen molar-refractivity contribution in [1.82, 2.24) is 10.3 Å². The van der Waals surface area contributed by atoms with Crippen LogP contribution in [0.5, 0.6) is 0 Å². The fourth-order valence-corrected chi connectivity index (χ4v) is 6.39. The van der Waals surface area contributed by atoms with Crippen molar-refractivity contribution in [3.8, 4) is 0 Å². The van der Waals surface area contributed by atoms with Gasteiger partial charge in [0.25, 0.3) is 11.8 Å². The monoisotopic (exact) mass is 700 g/mol. The molecule has 0 bridgehead atoms. The van der Waals surface area contributed by atoms with E-state index in [4.69, 9.17) is 11.6 Å². The molecular weight excluding hydrogens is 672 g/mol. The van der Waals surface area contributed by atoms with E-state index in [0.717, 1.165) is 10.9 Å². The fourth-order valence-electron chi connectivity index (χ4n) is 5.15. The summed E-state index contributed by atoms with van der Waals surface area (Å²) >= 11 is 7.54. The normalized spacial score (nSPS) is 11.8. The van der Waals surface area contributed by atoms with Gasteiger partial charge in [-0.3, -0.25) is 14.4 Å². The Kier molecular flexibility index (Phi) is 10.4. The van der Waals surface area contributed by atoms with E-state index in [1.54, 1.807) is 66.9 Å². The Hall–Kier alpha value is -6.10. The number of nitrogens with one attached hydrogen (secondary N) is 4. The molecule has 1 unspecified atom stereocenters. The third-order valence-electron chi connectivity index (χ3n) is 7.61. The lowest BCUT2D eigenvalue weighted by molar-refractivity contribution is -0.116. The summed E-state index contributed by atoms with van der Waals surface area (Å²) in [6.07, 6.45) is 3.39. The molecule has 0 aliphatic carbocycles. The first-order chi connectivity index (χ1) is 24.2. The zero-order valence-corrected chi connectivity index (χ0v) is 27.8. The maximum atomic E-state index is 13.8. The molecule has 9 nitrogen and oxygen atoms in total. The number of benzene rings is 5. The highest BCUT2D eigenvalue weighted by Gasteiger charge is 2.24. The molecule has 3 amide bonds. The Morgan fingerprint density at radius 3 is 2.24 bits per heavy atom. The quantitative estimate of drug-likeness (QED) is 0.0679. The largest absolute Gasteiger partial charge is 0.478 e. The van der Waals surface area contributed by atoms with Crippen LogP contribution >= 0.6 is 23.4 Å². The van der Waals surface area contributed by atoms with E-state index in [9.17, 15) is 24.3 Å². The summed E-state index contributed by atoms with van der Waals surface area (Å²) in [5, 5.41) is 18.2. The maximum absolute atomic E-state index is 13.8. The highest BCUT2D eigenvalue weighted by Crippen LogP contribution is 2.38. The van der Waals surface area contributed by atoms with Crippen LogP contribution in [-0.2, 0) is 9.59 Å². The standard InChI is InChI=1S/C39H29ClN4O5S/c40-31-19-18-26(39(48)49)20-33(31)43-38(47)35(24-10-3-1-4-11-24)50-29-15-9-14-28(22-29)42-37(46)34(44-36(45)25-12-5-2-6-13-25)21-27-23-41-32-17-8-7-16-30(27)32/h1-23,35,41H,(H,42,46)(H,43,47)(H,44,45)(H,48,49)/b34-21-. The molecule has 0 fully saturated rings. The van der Waals surface area contributed by atoms with Gasteiger partial charge in [-0.1, -0.05) is 84.4 Å². The molecule has 6 aromatic rings. The molecule has 248 valence electrons. The minimum absolute atomic E-state index is 0.0184. The van der Waals surface area contributed by atoms with Crippen molar-refractivity contribution in [2.45, 2.75) is 10.1 Å². The lowest BCUT2D eigenvalue weighted by Crippen LogP contribution is -2.30. The number of para-hydroxylation sites is 1. The number of thioether (sulfide) groups is 1. The molecule has 1 heterocycles. The van der Waals surface area contributed by atoms with Gasteiger partial charge in [0.2, 0.25) is 5.91 Å². The molecule has 1 aromatic heterocycles. The number of carboxylic acid groups (broad SMARTS) is 1. The van der Waals surface area contributed by atoms with Crippen LogP contribution in [0.1, 0.15) is 37.1 Å². The average molecular weight is 701 g/mol. The highest BCUT2D eigenvalue weighted by atomic mass is 35.5. The Labute approximate surface area is 296 Å². The van der Waals surface area contributed by atoms with E-state index in [1.165, 1.54) is 30.0 Å². The van der Waals surface area contributed by atoms with E-state index in [-0.39, 0.29) is 22.0 Å². The van der Waals surface area contributed by atoms with Crippen molar-refractivity contribution in [2.75, 3.05) is 10.6 Å². The Morgan fingerprint density at radius 1 is 0.760 bits per heavy atom. The number of fused-ring (bicyclic) bond motifs is 1. The molecule has 0 aliphatic heterocycles. The van der Waals surface area contributed by atoms with Crippen LogP contribution in [0, 0.1) is 0 Å². The third kappa shape index (κ3) is 8.12. The second-order valence-corrected chi connectivity index (χ2v) is 12.6. The summed E-state index contributed by atoms with van der Waals surface area (Å²) in [5.74, 6) is -2.56. The SMILES string of the molecule is O=C(Nc1cccc(SC(C(=O)Nc2cc(C(=O)O)ccc2Cl)c2ccccc2)c1)/C(=C/c1c[nH]c2ccccc12)NC(=O)c1ccccc1. The molecule has 5 aromatic carbocycles. The molecule has 1 atom stereocenters. The van der Waals surface area contributed by atoms with Gasteiger partial charge >= 0.3 is 5.97 Å². The topological polar surface area (TPSA) is 140 Å². The lowest BCUT2D eigenvalue weighted by Gasteiger charge is -2.18. The predicted octanol–water partition coefficient (Wildman–Crippen LogP) is 8.40. The first-order valence-corrected chi connectivity index (χ1v) is 16.6. The summed E-state index contributed by atoms with van der Waals surface area (Å²) in [6.45, 7) is 0. The Morgan fingerprint density at radius 2 is 1.48 bits per heavy atom. The Bertz CT molecular complexity index is 2240. The number of carbonyl (C=O) groups excluding carboxylic acids is 3. The molecule has 0 aliphatic rings. The predicted molar refractivity (Wildman–Crippen MR) is 197 cm³/mol. The average Bonchev–Trinajstić information content (AvgIpc) is 3.54. The van der Waals surface area contributed by atoms with Gasteiger partial charge in [0.15, 0.2) is 0 Å². The number of rotatable bonds is 11. The molecule has 0 saturated heterocycles. The molecule has 0 radical (unpaired) electrons. The molecule has 6 rings (SSSR count). The van der Waals surface area contributed by atoms with E-state index in [2.05, 4.69) is 20.9 Å². The van der Waals surface area contributed by atoms with Gasteiger partial charge in [0, 0.05) is 38.8 Å². The van der Waals surface area contributed by atoms with Crippen LogP contribution in [-0.4, -0.2) is 33.8 Å². The molecule has 5 N–H and O–H groups in total. The second-order valence-electron chi connectivity index (χ2n) is 11.0. The zero-order valence-electron chi connectivity index (χ0n) is 26.2. The lowest BCUT2D eigenvalue weighted by atomic mass is 10.1. The number of carbonyl (C=O) groups is 4. The first-order valence-electron chi connectivity index (χ1n) is 15.4. The van der Waals surface area contributed by atoms with Crippen LogP contribution in [0.4, 0.5) is 11.4 Å². The summed E-state index contributed by atoms with van der Waals surface area (Å²) in [7, 11) is 0. The third-order valence-corrected chi connectivity index (χ3v) is 9.18. The number of anilines is 2. The number of aromatic amines is 1. The number of H-pyrrole nitrogens is 1. The minimum Gasteiger partial charge on any atom is -0.478 e. The number of hydrogen-bond acceptors (Lipinski definition) is 5. The van der Waals surface area contributed by atoms with Crippen molar-refractivity contribution >= 4 is 75.4 Å². The van der Waals surface area contributed by atoms with E-state index >= 15 is 0 Å². The fraction of sp³-hybridized carbons (Fsp3) is 0.0256. The van der Waals surface area contributed by atoms with Gasteiger partial charge in [-0.25, -0.2) is 4.79 Å². The number of aromatic nitrogens is 1. The van der Waals surface area contributed by atoms with Crippen LogP contribution < -0.4 is 16.0 Å². The first kappa shape index (κ1) is 33.8. The summed E-state index contributed by atoms with van der Waals surface area (Å²) in [6, 6.07) is 36.4. The molecule has 0 spiro atoms. The van der Waals surface area contributed by atoms with Gasteiger partial charge in [-0.15, -0.1) is 11.8 Å². The van der Waals surface area contributed by atoms with E-state index < -0.39 is 28.9 Å². The smallest absolute Gasteiger partial charge is 0.335 e. The second kappa shape index (κ2) is 15.4. The Balaban J connectivity index is 1.26. The minimum atomic E-state index is -1.15. The summed E-state index contributed by atoms with van der Waals surface area (Å²) in [5.41, 5.74) is 3.31. The van der Waals surface area contributed by atoms with Crippen molar-refractivity contribution in [3.05, 3.63) is 167 Å². The van der Waals surface area contributed by atoms with Gasteiger partial charge < -0.3 is 26.0 Å². The highest BCUT2D eigenvalue weighted by molar-refractivity contribution is 8.00. The number of amides is 3. The number of hydrogen-bond donors (Lipinski definition) is 5. The van der Waals surface area contributed by atoms with Gasteiger partial charge in [0.1, 0.15) is 10.9 Å². The maximum Gasteiger partial charge on any atom is 0.335 e. The number of halogens is 1. The summed E-state index contributed by atoms with van der Waals surface area (Å²) in [4.78, 5) is 56.0. The number of carboxylic acids is 1. The van der Waals surface area contributed by atoms with Gasteiger partial charge in [-0.2, -0.15) is 0 Å². The van der Waals surface area contributed by atoms with Crippen LogP contribution in [0.25, 0.3) is 17.0 Å².